The summed E-state index contributed by atoms with van der Waals surface area (Å²) < 4.78 is 54.5. The first kappa shape index (κ1) is 21.4. The molecule has 1 fully saturated rings. The normalized spacial score (nSPS) is 24.6. The van der Waals surface area contributed by atoms with Crippen LogP contribution in [-0.4, -0.2) is 28.8 Å². The number of aliphatic hydroxyl groups is 1. The molecular weight excluding hydrogens is 439 g/mol. The van der Waals surface area contributed by atoms with Crippen LogP contribution in [0.25, 0.3) is 0 Å². The van der Waals surface area contributed by atoms with Crippen molar-refractivity contribution in [2.75, 3.05) is 0 Å². The van der Waals surface area contributed by atoms with E-state index in [4.69, 9.17) is 23.2 Å². The third-order valence-electron chi connectivity index (χ3n) is 4.52. The zero-order valence-corrected chi connectivity index (χ0v) is 15.7. The maximum atomic E-state index is 13.8. The van der Waals surface area contributed by atoms with Crippen LogP contribution in [0.15, 0.2) is 42.5 Å². The van der Waals surface area contributed by atoms with E-state index in [1.165, 1.54) is 23.5 Å². The summed E-state index contributed by atoms with van der Waals surface area (Å²) in [4.78, 5) is 24.9. The average Bonchev–Trinajstić information content (AvgIpc) is 2.60. The monoisotopic (exact) mass is 450 g/mol. The number of amides is 2. The minimum absolute atomic E-state index is 0.0611. The van der Waals surface area contributed by atoms with Crippen LogP contribution >= 0.6 is 23.2 Å². The number of rotatable bonds is 3. The Bertz CT molecular complexity index is 969. The number of carbonyl (C=O) groups is 2. The van der Waals surface area contributed by atoms with Crippen LogP contribution in [0.5, 0.6) is 0 Å². The number of nitrogens with one attached hydrogen (secondary N) is 2. The number of hydrogen-bond donors (Lipinski definition) is 3. The highest BCUT2D eigenvalue weighted by atomic mass is 35.5. The zero-order chi connectivity index (χ0) is 21.6. The van der Waals surface area contributed by atoms with Crippen LogP contribution in [0, 0.1) is 11.7 Å². The first-order valence-electron chi connectivity index (χ1n) is 8.06. The van der Waals surface area contributed by atoms with E-state index in [0.717, 1.165) is 24.3 Å². The van der Waals surface area contributed by atoms with Gasteiger partial charge in [-0.25, -0.2) is 9.18 Å². The molecule has 1 aliphatic rings. The summed E-state index contributed by atoms with van der Waals surface area (Å²) in [5.41, 5.74) is -4.27. The predicted octanol–water partition coefficient (Wildman–Crippen LogP) is 4.24. The van der Waals surface area contributed by atoms with E-state index in [1.54, 1.807) is 0 Å². The molecule has 2 aromatic rings. The Hall–Kier alpha value is -2.36. The summed E-state index contributed by atoms with van der Waals surface area (Å²) in [5, 5.41) is 14.1. The molecule has 29 heavy (non-hydrogen) atoms. The highest BCUT2D eigenvalue weighted by molar-refractivity contribution is 6.35. The molecule has 0 spiro atoms. The summed E-state index contributed by atoms with van der Waals surface area (Å²) in [6.07, 6.45) is -5.41. The number of hydrogen-bond acceptors (Lipinski definition) is 3. The van der Waals surface area contributed by atoms with Gasteiger partial charge in [-0.05, 0) is 42.0 Å². The van der Waals surface area contributed by atoms with Crippen LogP contribution in [0.3, 0.4) is 0 Å². The quantitative estimate of drug-likeness (QED) is 0.483. The van der Waals surface area contributed by atoms with Crippen LogP contribution in [-0.2, 0) is 0 Å². The molecule has 5 nitrogen and oxygen atoms in total. The fourth-order valence-corrected chi connectivity index (χ4v) is 3.67. The van der Waals surface area contributed by atoms with Crippen LogP contribution in [0.2, 0.25) is 10.0 Å². The van der Waals surface area contributed by atoms with Crippen molar-refractivity contribution in [3.8, 4) is 0 Å². The van der Waals surface area contributed by atoms with Gasteiger partial charge in [-0.2, -0.15) is 13.2 Å². The van der Waals surface area contributed by atoms with Crippen molar-refractivity contribution < 1.29 is 32.3 Å². The van der Waals surface area contributed by atoms with Crippen LogP contribution in [0.4, 0.5) is 22.4 Å². The summed E-state index contributed by atoms with van der Waals surface area (Å²) >= 11 is 11.9. The van der Waals surface area contributed by atoms with Gasteiger partial charge in [0.1, 0.15) is 11.7 Å². The van der Waals surface area contributed by atoms with Crippen molar-refractivity contribution >= 4 is 35.0 Å². The van der Waals surface area contributed by atoms with E-state index >= 15 is 0 Å². The van der Waals surface area contributed by atoms with E-state index in [1.807, 2.05) is 0 Å². The third kappa shape index (κ3) is 3.90. The van der Waals surface area contributed by atoms with E-state index in [2.05, 4.69) is 5.32 Å². The second-order valence-electron chi connectivity index (χ2n) is 6.35. The maximum absolute atomic E-state index is 13.8. The summed E-state index contributed by atoms with van der Waals surface area (Å²) in [7, 11) is 0. The van der Waals surface area contributed by atoms with Gasteiger partial charge in [-0.1, -0.05) is 29.3 Å². The zero-order valence-electron chi connectivity index (χ0n) is 14.2. The lowest BCUT2D eigenvalue weighted by Gasteiger charge is -2.45. The Balaban J connectivity index is 2.19. The SMILES string of the molecule is O=C1N[C@@H](c2ccc(Cl)cc2Cl)[C@@H](C(=O)c2ccc(F)cc2)[C@@](O)(C(F)(F)F)N1. The second-order valence-corrected chi connectivity index (χ2v) is 7.20. The highest BCUT2D eigenvalue weighted by Crippen LogP contribution is 2.45. The lowest BCUT2D eigenvalue weighted by Crippen LogP contribution is -2.72. The molecule has 2 aromatic carbocycles. The summed E-state index contributed by atoms with van der Waals surface area (Å²) in [5.74, 6) is -4.17. The molecule has 0 unspecified atom stereocenters. The molecule has 3 N–H and O–H groups in total. The van der Waals surface area contributed by atoms with E-state index in [-0.39, 0.29) is 21.2 Å². The number of carbonyl (C=O) groups excluding carboxylic acids is 2. The molecule has 0 bridgehead atoms. The number of ketones is 1. The molecule has 0 aromatic heterocycles. The smallest absolute Gasteiger partial charge is 0.363 e. The topological polar surface area (TPSA) is 78.4 Å². The van der Waals surface area contributed by atoms with Crippen molar-refractivity contribution in [2.24, 2.45) is 5.92 Å². The molecule has 3 rings (SSSR count). The number of alkyl halides is 3. The molecule has 0 radical (unpaired) electrons. The first-order chi connectivity index (χ1) is 13.4. The fraction of sp³-hybridized carbons (Fsp3) is 0.222. The minimum atomic E-state index is -5.41. The largest absolute Gasteiger partial charge is 0.437 e. The minimum Gasteiger partial charge on any atom is -0.363 e. The molecule has 0 saturated carbocycles. The second kappa shape index (κ2) is 7.47. The molecule has 3 atom stereocenters. The third-order valence-corrected chi connectivity index (χ3v) is 5.08. The highest BCUT2D eigenvalue weighted by Gasteiger charge is 2.66. The molecule has 0 aliphatic carbocycles. The number of Topliss-reactive ketones (excluding diaryl/α,β-unsaturated/α-hetero) is 1. The van der Waals surface area contributed by atoms with Crippen LogP contribution in [0.1, 0.15) is 22.0 Å². The van der Waals surface area contributed by atoms with Gasteiger partial charge < -0.3 is 15.7 Å². The predicted molar refractivity (Wildman–Crippen MR) is 96.1 cm³/mol. The Morgan fingerprint density at radius 1 is 1.10 bits per heavy atom. The van der Waals surface area contributed by atoms with Crippen LogP contribution < -0.4 is 10.6 Å². The van der Waals surface area contributed by atoms with Crippen molar-refractivity contribution in [1.29, 1.82) is 0 Å². The Kier molecular flexibility index (Phi) is 5.50. The molecule has 1 aliphatic heterocycles. The van der Waals surface area contributed by atoms with Crippen molar-refractivity contribution in [2.45, 2.75) is 17.9 Å². The fourth-order valence-electron chi connectivity index (χ4n) is 3.15. The molecule has 154 valence electrons. The van der Waals surface area contributed by atoms with Crippen molar-refractivity contribution in [3.63, 3.8) is 0 Å². The maximum Gasteiger partial charge on any atom is 0.437 e. The van der Waals surface area contributed by atoms with Gasteiger partial charge in [0.25, 0.3) is 0 Å². The van der Waals surface area contributed by atoms with Crippen molar-refractivity contribution in [1.82, 2.24) is 10.6 Å². The standard InChI is InChI=1S/C18H12Cl2F4N2O3/c19-9-3-6-11(12(20)7-9)14-13(15(27)8-1-4-10(21)5-2-8)17(29,18(22,23)24)26-16(28)25-14/h1-7,13-14,29H,(H2,25,26,28)/t13-,14-,17+/m0/s1. The van der Waals surface area contributed by atoms with E-state index in [0.29, 0.717) is 0 Å². The molecule has 2 amide bonds. The lowest BCUT2D eigenvalue weighted by molar-refractivity contribution is -0.287. The lowest BCUT2D eigenvalue weighted by atomic mass is 9.77. The number of urea groups is 1. The van der Waals surface area contributed by atoms with Gasteiger partial charge in [-0.3, -0.25) is 4.79 Å². The first-order valence-corrected chi connectivity index (χ1v) is 8.82. The van der Waals surface area contributed by atoms with Gasteiger partial charge in [0.05, 0.1) is 6.04 Å². The van der Waals surface area contributed by atoms with E-state index < -0.39 is 41.5 Å². The summed E-state index contributed by atoms with van der Waals surface area (Å²) in [6.45, 7) is 0. The van der Waals surface area contributed by atoms with Gasteiger partial charge in [0.15, 0.2) is 5.78 Å². The molecular formula is C18H12Cl2F4N2O3. The van der Waals surface area contributed by atoms with Gasteiger partial charge in [0, 0.05) is 15.6 Å². The van der Waals surface area contributed by atoms with E-state index in [9.17, 15) is 32.3 Å². The average molecular weight is 451 g/mol. The van der Waals surface area contributed by atoms with Crippen molar-refractivity contribution in [3.05, 3.63) is 69.5 Å². The Labute approximate surface area is 171 Å². The summed E-state index contributed by atoms with van der Waals surface area (Å²) in [6, 6.07) is 4.49. The van der Waals surface area contributed by atoms with Gasteiger partial charge in [-0.15, -0.1) is 0 Å². The molecule has 1 saturated heterocycles. The number of halogens is 6. The molecule has 1 heterocycles. The number of benzene rings is 2. The Morgan fingerprint density at radius 3 is 2.28 bits per heavy atom. The Morgan fingerprint density at radius 2 is 1.72 bits per heavy atom. The molecule has 11 heteroatoms. The van der Waals surface area contributed by atoms with Gasteiger partial charge >= 0.3 is 12.2 Å². The van der Waals surface area contributed by atoms with Gasteiger partial charge in [0.2, 0.25) is 5.72 Å².